The Morgan fingerprint density at radius 2 is 1.88 bits per heavy atom. The molecule has 1 heterocycles. The van der Waals surface area contributed by atoms with Gasteiger partial charge in [0.2, 0.25) is 0 Å². The summed E-state index contributed by atoms with van der Waals surface area (Å²) in [5, 5.41) is 3.74. The minimum Gasteiger partial charge on any atom is -0.306 e. The molecule has 2 atom stereocenters. The molecular formula is C15H24N2. The van der Waals surface area contributed by atoms with Gasteiger partial charge in [0.15, 0.2) is 0 Å². The van der Waals surface area contributed by atoms with E-state index in [0.29, 0.717) is 18.1 Å². The van der Waals surface area contributed by atoms with Gasteiger partial charge in [0, 0.05) is 24.7 Å². The van der Waals surface area contributed by atoms with E-state index in [-0.39, 0.29) is 0 Å². The van der Waals surface area contributed by atoms with Crippen LogP contribution in [0.25, 0.3) is 0 Å². The number of benzene rings is 1. The van der Waals surface area contributed by atoms with Crippen molar-refractivity contribution in [1.82, 2.24) is 10.2 Å². The van der Waals surface area contributed by atoms with E-state index in [1.54, 1.807) is 0 Å². The predicted molar refractivity (Wildman–Crippen MR) is 73.1 cm³/mol. The molecule has 0 bridgehead atoms. The standard InChI is InChI=1S/C15H24N2/c1-12(2)17-10-9-15(11-17)16-13(3)14-7-5-4-6-8-14/h4-8,12-13,15-16H,9-11H2,1-3H3/t13-,15?/m1/s1. The summed E-state index contributed by atoms with van der Waals surface area (Å²) in [6, 6.07) is 12.5. The largest absolute Gasteiger partial charge is 0.306 e. The van der Waals surface area contributed by atoms with Gasteiger partial charge in [0.25, 0.3) is 0 Å². The molecule has 17 heavy (non-hydrogen) atoms. The van der Waals surface area contributed by atoms with Crippen LogP contribution in [-0.4, -0.2) is 30.1 Å². The van der Waals surface area contributed by atoms with E-state index in [9.17, 15) is 0 Å². The third-order valence-electron chi connectivity index (χ3n) is 3.74. The number of likely N-dealkylation sites (tertiary alicyclic amines) is 1. The number of nitrogens with zero attached hydrogens (tertiary/aromatic N) is 1. The lowest BCUT2D eigenvalue weighted by Gasteiger charge is -2.22. The van der Waals surface area contributed by atoms with Crippen molar-refractivity contribution in [3.05, 3.63) is 35.9 Å². The summed E-state index contributed by atoms with van der Waals surface area (Å²) in [6.45, 7) is 9.24. The van der Waals surface area contributed by atoms with Gasteiger partial charge >= 0.3 is 0 Å². The second-order valence-electron chi connectivity index (χ2n) is 5.37. The Morgan fingerprint density at radius 3 is 2.47 bits per heavy atom. The number of hydrogen-bond acceptors (Lipinski definition) is 2. The van der Waals surface area contributed by atoms with Crippen LogP contribution >= 0.6 is 0 Å². The van der Waals surface area contributed by atoms with Gasteiger partial charge < -0.3 is 5.32 Å². The Morgan fingerprint density at radius 1 is 1.18 bits per heavy atom. The molecule has 1 aromatic carbocycles. The van der Waals surface area contributed by atoms with Gasteiger partial charge in [-0.25, -0.2) is 0 Å². The first-order valence-corrected chi connectivity index (χ1v) is 6.72. The maximum absolute atomic E-state index is 3.74. The van der Waals surface area contributed by atoms with Crippen LogP contribution in [0.1, 0.15) is 38.8 Å². The number of nitrogens with one attached hydrogen (secondary N) is 1. The SMILES string of the molecule is CC(C)N1CCC(N[C@H](C)c2ccccc2)C1. The Bertz CT molecular complexity index is 334. The third kappa shape index (κ3) is 3.30. The summed E-state index contributed by atoms with van der Waals surface area (Å²) in [6.07, 6.45) is 1.27. The molecule has 1 aromatic rings. The molecule has 2 heteroatoms. The molecule has 2 rings (SSSR count). The monoisotopic (exact) mass is 232 g/mol. The minimum atomic E-state index is 0.452. The van der Waals surface area contributed by atoms with Gasteiger partial charge in [-0.3, -0.25) is 4.90 Å². The zero-order valence-electron chi connectivity index (χ0n) is 11.2. The fraction of sp³-hybridized carbons (Fsp3) is 0.600. The molecule has 1 fully saturated rings. The molecule has 0 amide bonds. The highest BCUT2D eigenvalue weighted by Gasteiger charge is 2.25. The van der Waals surface area contributed by atoms with Crippen LogP contribution in [0.2, 0.25) is 0 Å². The summed E-state index contributed by atoms with van der Waals surface area (Å²) in [7, 11) is 0. The average molecular weight is 232 g/mol. The molecule has 1 N–H and O–H groups in total. The topological polar surface area (TPSA) is 15.3 Å². The van der Waals surface area contributed by atoms with Gasteiger partial charge in [0.05, 0.1) is 0 Å². The van der Waals surface area contributed by atoms with Crippen molar-refractivity contribution in [2.45, 2.75) is 45.3 Å². The van der Waals surface area contributed by atoms with Crippen molar-refractivity contribution >= 4 is 0 Å². The smallest absolute Gasteiger partial charge is 0.0294 e. The Hall–Kier alpha value is -0.860. The zero-order valence-corrected chi connectivity index (χ0v) is 11.2. The highest BCUT2D eigenvalue weighted by atomic mass is 15.2. The minimum absolute atomic E-state index is 0.452. The first-order valence-electron chi connectivity index (χ1n) is 6.72. The lowest BCUT2D eigenvalue weighted by Crippen LogP contribution is -2.36. The molecule has 94 valence electrons. The Kier molecular flexibility index (Phi) is 4.19. The summed E-state index contributed by atoms with van der Waals surface area (Å²) >= 11 is 0. The van der Waals surface area contributed by atoms with Gasteiger partial charge in [-0.2, -0.15) is 0 Å². The maximum atomic E-state index is 3.74. The van der Waals surface area contributed by atoms with E-state index in [1.807, 2.05) is 0 Å². The Balaban J connectivity index is 1.86. The fourth-order valence-corrected chi connectivity index (χ4v) is 2.58. The average Bonchev–Trinajstić information content (AvgIpc) is 2.79. The molecular weight excluding hydrogens is 208 g/mol. The van der Waals surface area contributed by atoms with Crippen molar-refractivity contribution in [2.75, 3.05) is 13.1 Å². The maximum Gasteiger partial charge on any atom is 0.0294 e. The van der Waals surface area contributed by atoms with Crippen molar-refractivity contribution in [3.63, 3.8) is 0 Å². The van der Waals surface area contributed by atoms with Crippen molar-refractivity contribution in [1.29, 1.82) is 0 Å². The van der Waals surface area contributed by atoms with Crippen LogP contribution in [-0.2, 0) is 0 Å². The van der Waals surface area contributed by atoms with Crippen LogP contribution in [0.15, 0.2) is 30.3 Å². The van der Waals surface area contributed by atoms with Crippen molar-refractivity contribution in [3.8, 4) is 0 Å². The zero-order chi connectivity index (χ0) is 12.3. The van der Waals surface area contributed by atoms with E-state index in [0.717, 1.165) is 0 Å². The molecule has 0 spiro atoms. The summed E-state index contributed by atoms with van der Waals surface area (Å²) in [5.74, 6) is 0. The normalized spacial score (nSPS) is 23.2. The van der Waals surface area contributed by atoms with Gasteiger partial charge in [-0.05, 0) is 39.3 Å². The predicted octanol–water partition coefficient (Wildman–Crippen LogP) is 2.82. The molecule has 1 unspecified atom stereocenters. The summed E-state index contributed by atoms with van der Waals surface area (Å²) in [4.78, 5) is 2.55. The third-order valence-corrected chi connectivity index (χ3v) is 3.74. The van der Waals surface area contributed by atoms with Crippen LogP contribution in [0.3, 0.4) is 0 Å². The van der Waals surface area contributed by atoms with Gasteiger partial charge in [-0.1, -0.05) is 30.3 Å². The lowest BCUT2D eigenvalue weighted by atomic mass is 10.1. The second kappa shape index (κ2) is 5.65. The van der Waals surface area contributed by atoms with Crippen molar-refractivity contribution < 1.29 is 0 Å². The molecule has 2 nitrogen and oxygen atoms in total. The molecule has 0 aromatic heterocycles. The van der Waals surface area contributed by atoms with E-state index in [1.165, 1.54) is 25.1 Å². The highest BCUT2D eigenvalue weighted by molar-refractivity contribution is 5.18. The van der Waals surface area contributed by atoms with Crippen molar-refractivity contribution in [2.24, 2.45) is 0 Å². The van der Waals surface area contributed by atoms with E-state index < -0.39 is 0 Å². The van der Waals surface area contributed by atoms with Gasteiger partial charge in [-0.15, -0.1) is 0 Å². The Labute approximate surface area is 105 Å². The first-order chi connectivity index (χ1) is 8.16. The molecule has 0 radical (unpaired) electrons. The van der Waals surface area contributed by atoms with Crippen LogP contribution in [0, 0.1) is 0 Å². The molecule has 0 saturated carbocycles. The molecule has 1 aliphatic rings. The number of hydrogen-bond donors (Lipinski definition) is 1. The van der Waals surface area contributed by atoms with Crippen LogP contribution < -0.4 is 5.32 Å². The first kappa shape index (κ1) is 12.6. The fourth-order valence-electron chi connectivity index (χ4n) is 2.58. The van der Waals surface area contributed by atoms with Crippen LogP contribution in [0.4, 0.5) is 0 Å². The summed E-state index contributed by atoms with van der Waals surface area (Å²) < 4.78 is 0. The quantitative estimate of drug-likeness (QED) is 0.858. The second-order valence-corrected chi connectivity index (χ2v) is 5.37. The molecule has 1 saturated heterocycles. The van der Waals surface area contributed by atoms with E-state index in [2.05, 4.69) is 61.3 Å². The van der Waals surface area contributed by atoms with Crippen LogP contribution in [0.5, 0.6) is 0 Å². The number of rotatable bonds is 4. The van der Waals surface area contributed by atoms with E-state index >= 15 is 0 Å². The highest BCUT2D eigenvalue weighted by Crippen LogP contribution is 2.17. The molecule has 1 aliphatic heterocycles. The van der Waals surface area contributed by atoms with Gasteiger partial charge in [0.1, 0.15) is 0 Å². The van der Waals surface area contributed by atoms with E-state index in [4.69, 9.17) is 0 Å². The lowest BCUT2D eigenvalue weighted by molar-refractivity contribution is 0.266. The summed E-state index contributed by atoms with van der Waals surface area (Å²) in [5.41, 5.74) is 1.38. The molecule has 0 aliphatic carbocycles.